The van der Waals surface area contributed by atoms with E-state index in [2.05, 4.69) is 44.6 Å². The zero-order valence-corrected chi connectivity index (χ0v) is 21.0. The van der Waals surface area contributed by atoms with Crippen LogP contribution in [0.2, 0.25) is 0 Å². The summed E-state index contributed by atoms with van der Waals surface area (Å²) in [5, 5.41) is 7.06. The van der Waals surface area contributed by atoms with Gasteiger partial charge in [0.05, 0.1) is 12.3 Å². The molecular formula is C20H30IN5O4S. The van der Waals surface area contributed by atoms with Crippen LogP contribution in [0.3, 0.4) is 0 Å². The molecule has 3 rings (SSSR count). The fourth-order valence-electron chi connectivity index (χ4n) is 3.25. The zero-order chi connectivity index (χ0) is 21.4. The number of benzene rings is 1. The van der Waals surface area contributed by atoms with Gasteiger partial charge < -0.3 is 19.5 Å². The maximum absolute atomic E-state index is 12.6. The minimum Gasteiger partial charge on any atom is -0.377 e. The standard InChI is InChI=1S/C20H29N5O4S.HI/c1-3-28-15-18-6-4-17(5-7-18)14-22-20(21-2)24-9-11-25(12-10-24)30(26,27)16-19-8-13-29-23-19;/h4-8,13H,3,9-12,14-16H2,1-2H3,(H,21,22);1H. The average Bonchev–Trinajstić information content (AvgIpc) is 3.26. The molecule has 1 aromatic carbocycles. The lowest BCUT2D eigenvalue weighted by molar-refractivity contribution is 0.134. The summed E-state index contributed by atoms with van der Waals surface area (Å²) in [6.45, 7) is 5.92. The number of guanidine groups is 1. The Bertz CT molecular complexity index is 912. The first-order valence-corrected chi connectivity index (χ1v) is 11.6. The molecule has 1 aromatic heterocycles. The molecule has 9 nitrogen and oxygen atoms in total. The molecule has 11 heteroatoms. The van der Waals surface area contributed by atoms with E-state index < -0.39 is 10.0 Å². The van der Waals surface area contributed by atoms with E-state index in [0.29, 0.717) is 51.6 Å². The van der Waals surface area contributed by atoms with Crippen LogP contribution in [0.15, 0.2) is 46.1 Å². The van der Waals surface area contributed by atoms with E-state index in [4.69, 9.17) is 9.26 Å². The van der Waals surface area contributed by atoms with Crippen molar-refractivity contribution in [2.24, 2.45) is 4.99 Å². The monoisotopic (exact) mass is 563 g/mol. The van der Waals surface area contributed by atoms with Gasteiger partial charge in [0.25, 0.3) is 0 Å². The molecule has 1 N–H and O–H groups in total. The lowest BCUT2D eigenvalue weighted by Crippen LogP contribution is -2.53. The van der Waals surface area contributed by atoms with E-state index in [1.807, 2.05) is 6.92 Å². The van der Waals surface area contributed by atoms with Gasteiger partial charge in [-0.15, -0.1) is 24.0 Å². The molecule has 2 heterocycles. The van der Waals surface area contributed by atoms with Crippen molar-refractivity contribution in [2.45, 2.75) is 25.8 Å². The van der Waals surface area contributed by atoms with Gasteiger partial charge in [0, 0.05) is 52.4 Å². The number of rotatable bonds is 8. The van der Waals surface area contributed by atoms with Crippen molar-refractivity contribution >= 4 is 40.0 Å². The maximum atomic E-state index is 12.6. The molecule has 0 atom stereocenters. The number of hydrogen-bond acceptors (Lipinski definition) is 6. The second-order valence-electron chi connectivity index (χ2n) is 6.99. The molecule has 0 spiro atoms. The fourth-order valence-corrected chi connectivity index (χ4v) is 4.68. The van der Waals surface area contributed by atoms with Gasteiger partial charge in [-0.05, 0) is 18.1 Å². The van der Waals surface area contributed by atoms with E-state index >= 15 is 0 Å². The third-order valence-corrected chi connectivity index (χ3v) is 6.72. The van der Waals surface area contributed by atoms with Crippen molar-refractivity contribution in [3.63, 3.8) is 0 Å². The quantitative estimate of drug-likeness (QED) is 0.298. The third kappa shape index (κ3) is 7.44. The summed E-state index contributed by atoms with van der Waals surface area (Å²) in [6, 6.07) is 9.84. The number of piperazine rings is 1. The highest BCUT2D eigenvalue weighted by atomic mass is 127. The highest BCUT2D eigenvalue weighted by molar-refractivity contribution is 14.0. The first-order valence-electron chi connectivity index (χ1n) is 10.00. The van der Waals surface area contributed by atoms with Gasteiger partial charge in [-0.2, -0.15) is 4.31 Å². The van der Waals surface area contributed by atoms with Crippen molar-refractivity contribution in [3.8, 4) is 0 Å². The van der Waals surface area contributed by atoms with Gasteiger partial charge in [0.2, 0.25) is 10.0 Å². The summed E-state index contributed by atoms with van der Waals surface area (Å²) >= 11 is 0. The molecule has 31 heavy (non-hydrogen) atoms. The molecular weight excluding hydrogens is 533 g/mol. The Morgan fingerprint density at radius 1 is 1.16 bits per heavy atom. The van der Waals surface area contributed by atoms with Crippen LogP contribution in [0.5, 0.6) is 0 Å². The Morgan fingerprint density at radius 2 is 1.84 bits per heavy atom. The Balaban J connectivity index is 0.00000341. The lowest BCUT2D eigenvalue weighted by atomic mass is 10.1. The van der Waals surface area contributed by atoms with Gasteiger partial charge in [-0.25, -0.2) is 8.42 Å². The molecule has 172 valence electrons. The number of halogens is 1. The third-order valence-electron chi connectivity index (χ3n) is 4.91. The van der Waals surface area contributed by atoms with Crippen molar-refractivity contribution in [3.05, 3.63) is 53.4 Å². The van der Waals surface area contributed by atoms with Crippen LogP contribution in [0.4, 0.5) is 0 Å². The zero-order valence-electron chi connectivity index (χ0n) is 17.9. The second-order valence-corrected chi connectivity index (χ2v) is 8.96. The number of nitrogens with one attached hydrogen (secondary N) is 1. The fraction of sp³-hybridized carbons (Fsp3) is 0.500. The van der Waals surface area contributed by atoms with E-state index in [0.717, 1.165) is 17.1 Å². The summed E-state index contributed by atoms with van der Waals surface area (Å²) in [7, 11) is -1.68. The molecule has 1 fully saturated rings. The highest BCUT2D eigenvalue weighted by Gasteiger charge is 2.28. The summed E-state index contributed by atoms with van der Waals surface area (Å²) in [4.78, 5) is 6.43. The molecule has 0 radical (unpaired) electrons. The van der Waals surface area contributed by atoms with Gasteiger partial charge >= 0.3 is 0 Å². The van der Waals surface area contributed by atoms with E-state index in [1.54, 1.807) is 13.1 Å². The van der Waals surface area contributed by atoms with Crippen LogP contribution < -0.4 is 5.32 Å². The van der Waals surface area contributed by atoms with Crippen LogP contribution in [0, 0.1) is 0 Å². The van der Waals surface area contributed by atoms with E-state index in [1.165, 1.54) is 10.6 Å². The van der Waals surface area contributed by atoms with E-state index in [9.17, 15) is 8.42 Å². The normalized spacial score (nSPS) is 15.5. The summed E-state index contributed by atoms with van der Waals surface area (Å²) in [5.74, 6) is 0.623. The highest BCUT2D eigenvalue weighted by Crippen LogP contribution is 2.13. The Morgan fingerprint density at radius 3 is 2.42 bits per heavy atom. The van der Waals surface area contributed by atoms with Crippen LogP contribution in [0.1, 0.15) is 23.7 Å². The predicted molar refractivity (Wildman–Crippen MR) is 130 cm³/mol. The summed E-state index contributed by atoms with van der Waals surface area (Å²) < 4.78 is 36.8. The van der Waals surface area contributed by atoms with Crippen LogP contribution in [-0.4, -0.2) is 68.6 Å². The number of hydrogen-bond donors (Lipinski definition) is 1. The van der Waals surface area contributed by atoms with Gasteiger partial charge in [0.1, 0.15) is 12.0 Å². The minimum absolute atomic E-state index is 0. The number of sulfonamides is 1. The first kappa shape index (κ1) is 25.6. The lowest BCUT2D eigenvalue weighted by Gasteiger charge is -2.35. The molecule has 0 saturated carbocycles. The molecule has 1 aliphatic rings. The van der Waals surface area contributed by atoms with Crippen molar-refractivity contribution in [2.75, 3.05) is 39.8 Å². The number of ether oxygens (including phenoxy) is 1. The molecule has 1 saturated heterocycles. The van der Waals surface area contributed by atoms with Gasteiger partial charge in [-0.3, -0.25) is 4.99 Å². The van der Waals surface area contributed by atoms with Crippen LogP contribution >= 0.6 is 24.0 Å². The Kier molecular flexibility index (Phi) is 10.2. The average molecular weight is 563 g/mol. The first-order chi connectivity index (χ1) is 14.5. The summed E-state index contributed by atoms with van der Waals surface area (Å²) in [5.41, 5.74) is 2.71. The molecule has 0 bridgehead atoms. The van der Waals surface area contributed by atoms with Crippen molar-refractivity contribution in [1.82, 2.24) is 19.7 Å². The maximum Gasteiger partial charge on any atom is 0.220 e. The van der Waals surface area contributed by atoms with Crippen LogP contribution in [0.25, 0.3) is 0 Å². The SMILES string of the molecule is CCOCc1ccc(CNC(=NC)N2CCN(S(=O)(=O)Cc3ccon3)CC2)cc1.I. The Labute approximate surface area is 200 Å². The van der Waals surface area contributed by atoms with Gasteiger partial charge in [-0.1, -0.05) is 29.4 Å². The largest absolute Gasteiger partial charge is 0.377 e. The molecule has 0 aliphatic carbocycles. The van der Waals surface area contributed by atoms with Crippen LogP contribution in [-0.2, 0) is 33.7 Å². The van der Waals surface area contributed by atoms with Crippen molar-refractivity contribution in [1.29, 1.82) is 0 Å². The topological polar surface area (TPSA) is 100 Å². The molecule has 0 amide bonds. The second kappa shape index (κ2) is 12.4. The van der Waals surface area contributed by atoms with E-state index in [-0.39, 0.29) is 29.7 Å². The summed E-state index contributed by atoms with van der Waals surface area (Å²) in [6.07, 6.45) is 1.38. The minimum atomic E-state index is -3.41. The Hall–Kier alpha value is -1.70. The van der Waals surface area contributed by atoms with Gasteiger partial charge in [0.15, 0.2) is 5.96 Å². The number of aromatic nitrogens is 1. The molecule has 2 aromatic rings. The predicted octanol–water partition coefficient (Wildman–Crippen LogP) is 2.05. The number of nitrogens with zero attached hydrogens (tertiary/aromatic N) is 4. The number of aliphatic imine (C=N–C) groups is 1. The molecule has 1 aliphatic heterocycles. The van der Waals surface area contributed by atoms with Crippen molar-refractivity contribution < 1.29 is 17.7 Å². The smallest absolute Gasteiger partial charge is 0.220 e. The molecule has 0 unspecified atom stereocenters.